The Morgan fingerprint density at radius 2 is 1.97 bits per heavy atom. The van der Waals surface area contributed by atoms with Gasteiger partial charge in [0.15, 0.2) is 0 Å². The second kappa shape index (κ2) is 8.59. The Kier molecular flexibility index (Phi) is 5.55. The number of anilines is 4. The minimum atomic E-state index is -0.336. The fourth-order valence-electron chi connectivity index (χ4n) is 3.28. The number of nitrogens with one attached hydrogen (secondary N) is 3. The number of rotatable bonds is 6. The van der Waals surface area contributed by atoms with Gasteiger partial charge in [-0.1, -0.05) is 12.1 Å². The summed E-state index contributed by atoms with van der Waals surface area (Å²) < 4.78 is 5.36. The van der Waals surface area contributed by atoms with Gasteiger partial charge in [0.25, 0.3) is 5.91 Å². The molecule has 3 heterocycles. The lowest BCUT2D eigenvalue weighted by Gasteiger charge is -2.24. The molecule has 1 aliphatic heterocycles. The number of hydrogen-bond donors (Lipinski definition) is 3. The summed E-state index contributed by atoms with van der Waals surface area (Å²) in [6.07, 6.45) is 5.11. The number of carbonyl (C=O) groups excluding carboxylic acids is 1. The summed E-state index contributed by atoms with van der Waals surface area (Å²) in [6, 6.07) is 10.9. The maximum absolute atomic E-state index is 12.8. The zero-order valence-corrected chi connectivity index (χ0v) is 16.2. The molecule has 3 aromatic rings. The normalized spacial score (nSPS) is 13.8. The van der Waals surface area contributed by atoms with Crippen LogP contribution in [-0.2, 0) is 0 Å². The zero-order chi connectivity index (χ0) is 20.1. The quantitative estimate of drug-likeness (QED) is 0.590. The summed E-state index contributed by atoms with van der Waals surface area (Å²) in [6.45, 7) is 1.86. The lowest BCUT2D eigenvalue weighted by Crippen LogP contribution is -2.30. The third-order valence-corrected chi connectivity index (χ3v) is 4.76. The second-order valence-corrected chi connectivity index (χ2v) is 6.71. The first-order chi connectivity index (χ1) is 14.2. The number of para-hydroxylation sites is 2. The van der Waals surface area contributed by atoms with Crippen molar-refractivity contribution in [3.05, 3.63) is 48.2 Å². The average Bonchev–Trinajstić information content (AvgIpc) is 3.23. The lowest BCUT2D eigenvalue weighted by atomic mass is 10.1. The standard InChI is InChI=1S/C20H23N7O2/c1-29-16-10-4-3-9-15(16)22-17-14(8-7-11-21-17)18(28)23-19-24-20(26-25-19)27-12-5-2-6-13-27/h3-4,7-11H,2,5-6,12-13H2,1H3,(H,21,22)(H2,23,24,25,26,28). The molecule has 1 saturated heterocycles. The van der Waals surface area contributed by atoms with Crippen LogP contribution >= 0.6 is 0 Å². The number of aromatic amines is 1. The number of benzene rings is 1. The highest BCUT2D eigenvalue weighted by atomic mass is 16.5. The van der Waals surface area contributed by atoms with Gasteiger partial charge in [0.1, 0.15) is 11.6 Å². The molecular weight excluding hydrogens is 370 g/mol. The van der Waals surface area contributed by atoms with Gasteiger partial charge in [0, 0.05) is 19.3 Å². The van der Waals surface area contributed by atoms with Crippen molar-refractivity contribution in [2.24, 2.45) is 0 Å². The van der Waals surface area contributed by atoms with Crippen molar-refractivity contribution < 1.29 is 9.53 Å². The number of H-pyrrole nitrogens is 1. The maximum atomic E-state index is 12.8. The third kappa shape index (κ3) is 4.29. The number of aromatic nitrogens is 4. The van der Waals surface area contributed by atoms with Gasteiger partial charge in [-0.05, 0) is 43.5 Å². The molecule has 9 nitrogen and oxygen atoms in total. The molecular formula is C20H23N7O2. The van der Waals surface area contributed by atoms with E-state index in [1.807, 2.05) is 24.3 Å². The molecule has 150 valence electrons. The molecule has 1 amide bonds. The van der Waals surface area contributed by atoms with Gasteiger partial charge < -0.3 is 15.0 Å². The molecule has 3 N–H and O–H groups in total. The van der Waals surface area contributed by atoms with Gasteiger partial charge in [-0.25, -0.2) is 10.1 Å². The highest BCUT2D eigenvalue weighted by Gasteiger charge is 2.18. The summed E-state index contributed by atoms with van der Waals surface area (Å²) in [7, 11) is 1.59. The molecule has 0 unspecified atom stereocenters. The van der Waals surface area contributed by atoms with Crippen LogP contribution in [0.25, 0.3) is 0 Å². The fourth-order valence-corrected chi connectivity index (χ4v) is 3.28. The SMILES string of the molecule is COc1ccccc1Nc1ncccc1C(=O)Nc1nc(N2CCCCC2)n[nH]1. The lowest BCUT2D eigenvalue weighted by molar-refractivity contribution is 0.102. The number of nitrogens with zero attached hydrogens (tertiary/aromatic N) is 4. The third-order valence-electron chi connectivity index (χ3n) is 4.76. The van der Waals surface area contributed by atoms with Crippen LogP contribution < -0.4 is 20.3 Å². The van der Waals surface area contributed by atoms with E-state index < -0.39 is 0 Å². The second-order valence-electron chi connectivity index (χ2n) is 6.71. The van der Waals surface area contributed by atoms with Crippen LogP contribution in [0.15, 0.2) is 42.6 Å². The number of carbonyl (C=O) groups is 1. The minimum absolute atomic E-state index is 0.308. The Balaban J connectivity index is 1.50. The zero-order valence-electron chi connectivity index (χ0n) is 16.2. The predicted molar refractivity (Wildman–Crippen MR) is 111 cm³/mol. The Morgan fingerprint density at radius 1 is 1.14 bits per heavy atom. The van der Waals surface area contributed by atoms with E-state index in [2.05, 4.69) is 35.7 Å². The Morgan fingerprint density at radius 3 is 2.79 bits per heavy atom. The molecule has 0 atom stereocenters. The van der Waals surface area contributed by atoms with Gasteiger partial charge in [-0.15, -0.1) is 5.10 Å². The van der Waals surface area contributed by atoms with Crippen LogP contribution in [0.2, 0.25) is 0 Å². The molecule has 1 aliphatic rings. The van der Waals surface area contributed by atoms with E-state index in [0.29, 0.717) is 29.0 Å². The van der Waals surface area contributed by atoms with Crippen LogP contribution in [0, 0.1) is 0 Å². The summed E-state index contributed by atoms with van der Waals surface area (Å²) in [4.78, 5) is 23.7. The highest BCUT2D eigenvalue weighted by Crippen LogP contribution is 2.27. The molecule has 29 heavy (non-hydrogen) atoms. The topological polar surface area (TPSA) is 108 Å². The van der Waals surface area contributed by atoms with Crippen molar-refractivity contribution in [2.45, 2.75) is 19.3 Å². The van der Waals surface area contributed by atoms with Crippen LogP contribution in [-0.4, -0.2) is 46.3 Å². The van der Waals surface area contributed by atoms with Crippen molar-refractivity contribution in [1.82, 2.24) is 20.2 Å². The molecule has 1 aromatic carbocycles. The number of methoxy groups -OCH3 is 1. The van der Waals surface area contributed by atoms with E-state index >= 15 is 0 Å². The van der Waals surface area contributed by atoms with Crippen LogP contribution in [0.4, 0.5) is 23.4 Å². The van der Waals surface area contributed by atoms with Crippen molar-refractivity contribution in [2.75, 3.05) is 35.7 Å². The smallest absolute Gasteiger partial charge is 0.261 e. The first kappa shape index (κ1) is 18.7. The van der Waals surface area contributed by atoms with Gasteiger partial charge in [-0.2, -0.15) is 4.98 Å². The van der Waals surface area contributed by atoms with Gasteiger partial charge in [-0.3, -0.25) is 10.1 Å². The number of piperidine rings is 1. The van der Waals surface area contributed by atoms with Gasteiger partial charge in [0.05, 0.1) is 18.4 Å². The van der Waals surface area contributed by atoms with E-state index in [-0.39, 0.29) is 5.91 Å². The van der Waals surface area contributed by atoms with E-state index in [1.54, 1.807) is 25.4 Å². The van der Waals surface area contributed by atoms with Crippen LogP contribution in [0.3, 0.4) is 0 Å². The summed E-state index contributed by atoms with van der Waals surface area (Å²) in [5.74, 6) is 1.66. The first-order valence-corrected chi connectivity index (χ1v) is 9.58. The molecule has 1 fully saturated rings. The maximum Gasteiger partial charge on any atom is 0.261 e. The van der Waals surface area contributed by atoms with E-state index in [0.717, 1.165) is 31.6 Å². The molecule has 0 spiro atoms. The van der Waals surface area contributed by atoms with Gasteiger partial charge in [0.2, 0.25) is 11.9 Å². The van der Waals surface area contributed by atoms with Crippen molar-refractivity contribution >= 4 is 29.3 Å². The Hall–Kier alpha value is -3.62. The largest absolute Gasteiger partial charge is 0.495 e. The Bertz CT molecular complexity index is 982. The van der Waals surface area contributed by atoms with E-state index in [9.17, 15) is 4.79 Å². The molecule has 0 bridgehead atoms. The molecule has 0 radical (unpaired) electrons. The Labute approximate surface area is 168 Å². The summed E-state index contributed by atoms with van der Waals surface area (Å²) >= 11 is 0. The summed E-state index contributed by atoms with van der Waals surface area (Å²) in [5.41, 5.74) is 1.10. The molecule has 0 aliphatic carbocycles. The van der Waals surface area contributed by atoms with Crippen molar-refractivity contribution in [1.29, 1.82) is 0 Å². The molecule has 9 heteroatoms. The monoisotopic (exact) mass is 393 g/mol. The number of ether oxygens (including phenoxy) is 1. The number of hydrogen-bond acceptors (Lipinski definition) is 7. The number of amides is 1. The first-order valence-electron chi connectivity index (χ1n) is 9.58. The molecule has 2 aromatic heterocycles. The van der Waals surface area contributed by atoms with Gasteiger partial charge >= 0.3 is 0 Å². The van der Waals surface area contributed by atoms with Crippen molar-refractivity contribution in [3.8, 4) is 5.75 Å². The highest BCUT2D eigenvalue weighted by molar-refractivity contribution is 6.07. The average molecular weight is 393 g/mol. The van der Waals surface area contributed by atoms with E-state index in [1.165, 1.54) is 6.42 Å². The van der Waals surface area contributed by atoms with Crippen LogP contribution in [0.5, 0.6) is 5.75 Å². The predicted octanol–water partition coefficient (Wildman–Crippen LogP) is 3.19. The summed E-state index contributed by atoms with van der Waals surface area (Å²) in [5, 5.41) is 13.0. The van der Waals surface area contributed by atoms with E-state index in [4.69, 9.17) is 4.74 Å². The fraction of sp³-hybridized carbons (Fsp3) is 0.300. The molecule has 0 saturated carbocycles. The number of pyridine rings is 1. The van der Waals surface area contributed by atoms with Crippen LogP contribution in [0.1, 0.15) is 29.6 Å². The molecule has 4 rings (SSSR count). The minimum Gasteiger partial charge on any atom is -0.495 e. The van der Waals surface area contributed by atoms with Crippen molar-refractivity contribution in [3.63, 3.8) is 0 Å².